The Hall–Kier alpha value is -2.54. The third-order valence-corrected chi connectivity index (χ3v) is 4.02. The smallest absolute Gasteiger partial charge is 0.236 e. The van der Waals surface area contributed by atoms with Gasteiger partial charge < -0.3 is 10.9 Å². The molecule has 0 radical (unpaired) electrons. The highest BCUT2D eigenvalue weighted by Gasteiger charge is 2.15. The van der Waals surface area contributed by atoms with Crippen molar-refractivity contribution >= 4 is 21.5 Å². The number of hydrogen-bond donors (Lipinski definition) is 3. The zero-order chi connectivity index (χ0) is 15.3. The van der Waals surface area contributed by atoms with Gasteiger partial charge in [-0.15, -0.1) is 0 Å². The first-order valence-electron chi connectivity index (χ1n) is 6.13. The van der Waals surface area contributed by atoms with Gasteiger partial charge in [0.1, 0.15) is 0 Å². The molecule has 4 N–H and O–H groups in total. The van der Waals surface area contributed by atoms with Crippen LogP contribution in [0, 0.1) is 0 Å². The third kappa shape index (κ3) is 3.96. The number of nitrogens with two attached hydrogens (primary N) is 1. The summed E-state index contributed by atoms with van der Waals surface area (Å²) in [6.07, 6.45) is 0. The minimum Gasteiger partial charge on any atom is -0.409 e. The summed E-state index contributed by atoms with van der Waals surface area (Å²) >= 11 is 0. The number of sulfonamides is 1. The molecule has 6 nitrogen and oxygen atoms in total. The van der Waals surface area contributed by atoms with Crippen LogP contribution in [0.5, 0.6) is 0 Å². The fraction of sp³-hybridized carbons (Fsp3) is 0.0714. The first-order chi connectivity index (χ1) is 10.0. The van der Waals surface area contributed by atoms with Crippen LogP contribution in [-0.2, 0) is 15.8 Å². The number of oxime groups is 1. The van der Waals surface area contributed by atoms with Crippen LogP contribution in [0.2, 0.25) is 0 Å². The van der Waals surface area contributed by atoms with E-state index in [2.05, 4.69) is 9.88 Å². The lowest BCUT2D eigenvalue weighted by atomic mass is 10.2. The molecule has 0 aliphatic heterocycles. The Kier molecular flexibility index (Phi) is 4.44. The van der Waals surface area contributed by atoms with E-state index in [1.165, 1.54) is 0 Å². The summed E-state index contributed by atoms with van der Waals surface area (Å²) in [4.78, 5) is 0. The van der Waals surface area contributed by atoms with E-state index in [0.717, 1.165) is 0 Å². The molecule has 2 rings (SSSR count). The zero-order valence-corrected chi connectivity index (χ0v) is 11.9. The molecule has 0 bridgehead atoms. The minimum atomic E-state index is -3.59. The fourth-order valence-electron chi connectivity index (χ4n) is 1.85. The molecule has 0 amide bonds. The number of para-hydroxylation sites is 1. The van der Waals surface area contributed by atoms with E-state index in [1.54, 1.807) is 48.5 Å². The van der Waals surface area contributed by atoms with Gasteiger partial charge in [0, 0.05) is 5.56 Å². The number of nitrogens with zero attached hydrogens (tertiary/aromatic N) is 1. The van der Waals surface area contributed by atoms with Crippen molar-refractivity contribution in [2.45, 2.75) is 5.75 Å². The number of benzene rings is 2. The van der Waals surface area contributed by atoms with Crippen molar-refractivity contribution in [3.63, 3.8) is 0 Å². The normalized spacial score (nSPS) is 12.1. The quantitative estimate of drug-likeness (QED) is 0.338. The standard InChI is InChI=1S/C14H15N3O3S/c15-14(16-18)12-8-4-5-9-13(12)17-21(19,20)10-11-6-2-1-3-7-11/h1-9,17-18H,10H2,(H2,15,16). The third-order valence-electron chi connectivity index (χ3n) is 2.78. The first-order valence-corrected chi connectivity index (χ1v) is 7.78. The van der Waals surface area contributed by atoms with Crippen LogP contribution in [0.4, 0.5) is 5.69 Å². The minimum absolute atomic E-state index is 0.154. The van der Waals surface area contributed by atoms with E-state index in [0.29, 0.717) is 11.1 Å². The van der Waals surface area contributed by atoms with Crippen LogP contribution in [0.3, 0.4) is 0 Å². The summed E-state index contributed by atoms with van der Waals surface area (Å²) in [6.45, 7) is 0. The van der Waals surface area contributed by atoms with Crippen molar-refractivity contribution in [1.82, 2.24) is 0 Å². The Balaban J connectivity index is 2.25. The maximum absolute atomic E-state index is 12.2. The van der Waals surface area contributed by atoms with Crippen molar-refractivity contribution in [2.75, 3.05) is 4.72 Å². The largest absolute Gasteiger partial charge is 0.409 e. The van der Waals surface area contributed by atoms with Gasteiger partial charge in [-0.25, -0.2) is 8.42 Å². The molecule has 0 heterocycles. The summed E-state index contributed by atoms with van der Waals surface area (Å²) in [7, 11) is -3.59. The van der Waals surface area contributed by atoms with Crippen LogP contribution in [0.1, 0.15) is 11.1 Å². The molecule has 21 heavy (non-hydrogen) atoms. The molecule has 110 valence electrons. The average Bonchev–Trinajstić information content (AvgIpc) is 2.47. The monoisotopic (exact) mass is 305 g/mol. The summed E-state index contributed by atoms with van der Waals surface area (Å²) in [5, 5.41) is 11.6. The maximum Gasteiger partial charge on any atom is 0.236 e. The Morgan fingerprint density at radius 1 is 1.10 bits per heavy atom. The number of amidine groups is 1. The van der Waals surface area contributed by atoms with E-state index < -0.39 is 10.0 Å². The number of nitrogens with one attached hydrogen (secondary N) is 1. The molecule has 0 aliphatic rings. The molecule has 0 spiro atoms. The molecule has 0 saturated carbocycles. The molecular formula is C14H15N3O3S. The number of rotatable bonds is 5. The van der Waals surface area contributed by atoms with Crippen molar-refractivity contribution < 1.29 is 13.6 Å². The Morgan fingerprint density at radius 3 is 2.38 bits per heavy atom. The van der Waals surface area contributed by atoms with Gasteiger partial charge in [-0.3, -0.25) is 4.72 Å². The molecule has 0 fully saturated rings. The molecule has 2 aromatic rings. The van der Waals surface area contributed by atoms with E-state index in [9.17, 15) is 8.42 Å². The van der Waals surface area contributed by atoms with Crippen LogP contribution in [-0.4, -0.2) is 19.5 Å². The Morgan fingerprint density at radius 2 is 1.71 bits per heavy atom. The number of anilines is 1. The predicted octanol–water partition coefficient (Wildman–Crippen LogP) is 1.72. The number of hydrogen-bond acceptors (Lipinski definition) is 4. The second kappa shape index (κ2) is 6.27. The molecule has 0 aliphatic carbocycles. The van der Waals surface area contributed by atoms with Crippen molar-refractivity contribution in [3.05, 3.63) is 65.7 Å². The van der Waals surface area contributed by atoms with E-state index in [4.69, 9.17) is 10.9 Å². The second-order valence-electron chi connectivity index (χ2n) is 4.38. The Bertz CT molecular complexity index is 743. The van der Waals surface area contributed by atoms with Crippen LogP contribution in [0.15, 0.2) is 59.8 Å². The fourth-order valence-corrected chi connectivity index (χ4v) is 3.06. The van der Waals surface area contributed by atoms with Gasteiger partial charge in [0.25, 0.3) is 0 Å². The van der Waals surface area contributed by atoms with E-state index in [-0.39, 0.29) is 17.3 Å². The van der Waals surface area contributed by atoms with Gasteiger partial charge in [0.2, 0.25) is 10.0 Å². The average molecular weight is 305 g/mol. The first kappa shape index (κ1) is 14.9. The van der Waals surface area contributed by atoms with Crippen molar-refractivity contribution in [2.24, 2.45) is 10.9 Å². The SMILES string of the molecule is N/C(=N/O)c1ccccc1NS(=O)(=O)Cc1ccccc1. The highest BCUT2D eigenvalue weighted by atomic mass is 32.2. The van der Waals surface area contributed by atoms with Gasteiger partial charge in [-0.2, -0.15) is 0 Å². The molecule has 7 heteroatoms. The lowest BCUT2D eigenvalue weighted by Gasteiger charge is -2.11. The summed E-state index contributed by atoms with van der Waals surface area (Å²) in [6, 6.07) is 15.3. The van der Waals surface area contributed by atoms with Gasteiger partial charge in [0.05, 0.1) is 11.4 Å². The zero-order valence-electron chi connectivity index (χ0n) is 11.1. The van der Waals surface area contributed by atoms with Gasteiger partial charge in [0.15, 0.2) is 5.84 Å². The summed E-state index contributed by atoms with van der Waals surface area (Å²) < 4.78 is 26.8. The second-order valence-corrected chi connectivity index (χ2v) is 6.10. The van der Waals surface area contributed by atoms with Gasteiger partial charge in [-0.1, -0.05) is 47.6 Å². The van der Waals surface area contributed by atoms with Gasteiger partial charge in [-0.05, 0) is 17.7 Å². The molecule has 0 atom stereocenters. The molecular weight excluding hydrogens is 290 g/mol. The molecule has 0 aromatic heterocycles. The summed E-state index contributed by atoms with van der Waals surface area (Å²) in [5.41, 5.74) is 6.79. The van der Waals surface area contributed by atoms with Crippen LogP contribution >= 0.6 is 0 Å². The lowest BCUT2D eigenvalue weighted by Crippen LogP contribution is -2.20. The van der Waals surface area contributed by atoms with E-state index >= 15 is 0 Å². The van der Waals surface area contributed by atoms with Gasteiger partial charge >= 0.3 is 0 Å². The van der Waals surface area contributed by atoms with Crippen LogP contribution in [0.25, 0.3) is 0 Å². The lowest BCUT2D eigenvalue weighted by molar-refractivity contribution is 0.318. The molecule has 2 aromatic carbocycles. The van der Waals surface area contributed by atoms with E-state index in [1.807, 2.05) is 6.07 Å². The topological polar surface area (TPSA) is 105 Å². The van der Waals surface area contributed by atoms with Crippen molar-refractivity contribution in [3.8, 4) is 0 Å². The summed E-state index contributed by atoms with van der Waals surface area (Å²) in [5.74, 6) is -0.314. The Labute approximate surface area is 123 Å². The maximum atomic E-state index is 12.2. The highest BCUT2D eigenvalue weighted by Crippen LogP contribution is 2.18. The van der Waals surface area contributed by atoms with Crippen LogP contribution < -0.4 is 10.5 Å². The predicted molar refractivity (Wildman–Crippen MR) is 81.6 cm³/mol. The molecule has 0 unspecified atom stereocenters. The van der Waals surface area contributed by atoms with Crippen molar-refractivity contribution in [1.29, 1.82) is 0 Å². The molecule has 0 saturated heterocycles. The highest BCUT2D eigenvalue weighted by molar-refractivity contribution is 7.91.